The summed E-state index contributed by atoms with van der Waals surface area (Å²) in [5.74, 6) is 1.17. The predicted molar refractivity (Wildman–Crippen MR) is 117 cm³/mol. The molecule has 0 aromatic heterocycles. The third-order valence-corrected chi connectivity index (χ3v) is 5.15. The van der Waals surface area contributed by atoms with Crippen LogP contribution in [0, 0.1) is 11.7 Å². The molecule has 0 spiro atoms. The molecule has 1 saturated heterocycles. The van der Waals surface area contributed by atoms with Gasteiger partial charge in [0.15, 0.2) is 5.96 Å². The Bertz CT molecular complexity index is 557. The van der Waals surface area contributed by atoms with Gasteiger partial charge in [0, 0.05) is 31.2 Å². The van der Waals surface area contributed by atoms with Gasteiger partial charge in [0.1, 0.15) is 5.82 Å². The summed E-state index contributed by atoms with van der Waals surface area (Å²) in [6, 6.07) is 7.22. The Morgan fingerprint density at radius 1 is 1.19 bits per heavy atom. The Labute approximate surface area is 174 Å². The first-order valence-electron chi connectivity index (χ1n) is 9.35. The lowest BCUT2D eigenvalue weighted by Crippen LogP contribution is -2.45. The Hall–Kier alpha value is -0.890. The fourth-order valence-corrected chi connectivity index (χ4v) is 3.04. The van der Waals surface area contributed by atoms with Crippen molar-refractivity contribution in [3.63, 3.8) is 0 Å². The zero-order valence-corrected chi connectivity index (χ0v) is 18.7. The van der Waals surface area contributed by atoms with Crippen LogP contribution >= 0.6 is 24.0 Å². The predicted octanol–water partition coefficient (Wildman–Crippen LogP) is 4.09. The van der Waals surface area contributed by atoms with Gasteiger partial charge in [-0.3, -0.25) is 4.99 Å². The number of benzene rings is 1. The highest BCUT2D eigenvalue weighted by molar-refractivity contribution is 14.0. The molecule has 4 nitrogen and oxygen atoms in total. The van der Waals surface area contributed by atoms with Gasteiger partial charge in [0.2, 0.25) is 0 Å². The average molecular weight is 477 g/mol. The Morgan fingerprint density at radius 2 is 1.81 bits per heavy atom. The number of nitrogens with one attached hydrogen (secondary N) is 2. The minimum absolute atomic E-state index is 0. The van der Waals surface area contributed by atoms with Crippen LogP contribution in [0.2, 0.25) is 0 Å². The van der Waals surface area contributed by atoms with E-state index in [-0.39, 0.29) is 35.2 Å². The highest BCUT2D eigenvalue weighted by Gasteiger charge is 2.34. The second kappa shape index (κ2) is 11.1. The van der Waals surface area contributed by atoms with Gasteiger partial charge in [0.05, 0.1) is 6.54 Å². The van der Waals surface area contributed by atoms with E-state index < -0.39 is 0 Å². The molecule has 26 heavy (non-hydrogen) atoms. The van der Waals surface area contributed by atoms with Crippen molar-refractivity contribution in [2.75, 3.05) is 26.3 Å². The summed E-state index contributed by atoms with van der Waals surface area (Å²) in [5, 5.41) is 6.82. The molecular formula is C20H33FIN3O. The fraction of sp³-hybridized carbons (Fsp3) is 0.650. The van der Waals surface area contributed by atoms with E-state index in [1.165, 1.54) is 0 Å². The maximum atomic E-state index is 13.3. The van der Waals surface area contributed by atoms with Crippen molar-refractivity contribution < 1.29 is 9.13 Å². The van der Waals surface area contributed by atoms with Crippen LogP contribution < -0.4 is 10.6 Å². The third-order valence-electron chi connectivity index (χ3n) is 5.15. The molecule has 0 bridgehead atoms. The van der Waals surface area contributed by atoms with Gasteiger partial charge < -0.3 is 15.4 Å². The van der Waals surface area contributed by atoms with Crippen molar-refractivity contribution in [3.8, 4) is 0 Å². The van der Waals surface area contributed by atoms with Gasteiger partial charge in [-0.15, -0.1) is 24.0 Å². The van der Waals surface area contributed by atoms with Gasteiger partial charge in [-0.1, -0.05) is 26.0 Å². The molecule has 1 fully saturated rings. The Kier molecular flexibility index (Phi) is 9.85. The van der Waals surface area contributed by atoms with E-state index in [1.807, 2.05) is 12.1 Å². The van der Waals surface area contributed by atoms with Crippen LogP contribution in [-0.4, -0.2) is 38.3 Å². The van der Waals surface area contributed by atoms with Gasteiger partial charge in [-0.25, -0.2) is 4.39 Å². The molecule has 1 aliphatic rings. The van der Waals surface area contributed by atoms with Crippen LogP contribution in [-0.2, 0) is 10.2 Å². The van der Waals surface area contributed by atoms with E-state index in [0.717, 1.165) is 44.1 Å². The molecule has 2 N–H and O–H groups in total. The number of hydrogen-bond donors (Lipinski definition) is 2. The number of nitrogens with zero attached hydrogens (tertiary/aromatic N) is 1. The maximum Gasteiger partial charge on any atom is 0.191 e. The zero-order chi connectivity index (χ0) is 18.3. The maximum absolute atomic E-state index is 13.3. The van der Waals surface area contributed by atoms with E-state index in [0.29, 0.717) is 18.5 Å². The highest BCUT2D eigenvalue weighted by Crippen LogP contribution is 2.35. The molecule has 1 aromatic carbocycles. The zero-order valence-electron chi connectivity index (χ0n) is 16.3. The van der Waals surface area contributed by atoms with Crippen LogP contribution in [0.4, 0.5) is 4.39 Å². The van der Waals surface area contributed by atoms with Crippen LogP contribution in [0.15, 0.2) is 29.3 Å². The quantitative estimate of drug-likeness (QED) is 0.369. The molecule has 2 rings (SSSR count). The number of guanidine groups is 1. The number of hydrogen-bond acceptors (Lipinski definition) is 2. The second-order valence-electron chi connectivity index (χ2n) is 7.27. The smallest absolute Gasteiger partial charge is 0.191 e. The largest absolute Gasteiger partial charge is 0.381 e. The van der Waals surface area contributed by atoms with Crippen molar-refractivity contribution in [1.82, 2.24) is 10.6 Å². The van der Waals surface area contributed by atoms with Gasteiger partial charge in [0.25, 0.3) is 0 Å². The van der Waals surface area contributed by atoms with Crippen molar-refractivity contribution in [1.29, 1.82) is 0 Å². The number of rotatable bonds is 6. The molecule has 1 heterocycles. The highest BCUT2D eigenvalue weighted by atomic mass is 127. The van der Waals surface area contributed by atoms with Crippen LogP contribution in [0.25, 0.3) is 0 Å². The van der Waals surface area contributed by atoms with Crippen molar-refractivity contribution in [2.24, 2.45) is 10.9 Å². The molecule has 0 amide bonds. The monoisotopic (exact) mass is 477 g/mol. The van der Waals surface area contributed by atoms with Crippen molar-refractivity contribution >= 4 is 29.9 Å². The fourth-order valence-electron chi connectivity index (χ4n) is 3.04. The Balaban J connectivity index is 0.00000338. The standard InChI is InChI=1S/C20H32FN3O.HI/c1-5-22-19(24-16(4)15(2)3)23-14-20(10-12-25-13-11-20)17-6-8-18(21)9-7-17;/h6-9,15-16H,5,10-14H2,1-4H3,(H2,22,23,24);1H. The van der Waals surface area contributed by atoms with Gasteiger partial charge in [-0.2, -0.15) is 0 Å². The van der Waals surface area contributed by atoms with Crippen LogP contribution in [0.1, 0.15) is 46.1 Å². The third kappa shape index (κ3) is 6.37. The van der Waals surface area contributed by atoms with Gasteiger partial charge in [-0.05, 0) is 50.3 Å². The number of ether oxygens (including phenoxy) is 1. The lowest BCUT2D eigenvalue weighted by atomic mass is 9.74. The van der Waals surface area contributed by atoms with Crippen molar-refractivity contribution in [3.05, 3.63) is 35.6 Å². The lowest BCUT2D eigenvalue weighted by molar-refractivity contribution is 0.0530. The first kappa shape index (κ1) is 23.1. The first-order valence-corrected chi connectivity index (χ1v) is 9.35. The minimum Gasteiger partial charge on any atom is -0.381 e. The SMILES string of the molecule is CCNC(=NCC1(c2ccc(F)cc2)CCOCC1)NC(C)C(C)C.I. The van der Waals surface area contributed by atoms with E-state index in [2.05, 4.69) is 38.3 Å². The molecule has 1 atom stereocenters. The summed E-state index contributed by atoms with van der Waals surface area (Å²) in [4.78, 5) is 4.88. The summed E-state index contributed by atoms with van der Waals surface area (Å²) in [6.45, 7) is 11.6. The summed E-state index contributed by atoms with van der Waals surface area (Å²) < 4.78 is 18.9. The lowest BCUT2D eigenvalue weighted by Gasteiger charge is -2.37. The summed E-state index contributed by atoms with van der Waals surface area (Å²) >= 11 is 0. The summed E-state index contributed by atoms with van der Waals surface area (Å²) in [6.07, 6.45) is 1.81. The number of halogens is 2. The topological polar surface area (TPSA) is 45.7 Å². The van der Waals surface area contributed by atoms with Crippen LogP contribution in [0.3, 0.4) is 0 Å². The molecule has 1 aliphatic heterocycles. The van der Waals surface area contributed by atoms with E-state index >= 15 is 0 Å². The Morgan fingerprint density at radius 3 is 2.35 bits per heavy atom. The van der Waals surface area contributed by atoms with Gasteiger partial charge >= 0.3 is 0 Å². The summed E-state index contributed by atoms with van der Waals surface area (Å²) in [7, 11) is 0. The summed E-state index contributed by atoms with van der Waals surface area (Å²) in [5.41, 5.74) is 1.06. The van der Waals surface area contributed by atoms with E-state index in [1.54, 1.807) is 12.1 Å². The van der Waals surface area contributed by atoms with E-state index in [4.69, 9.17) is 9.73 Å². The normalized spacial score (nSPS) is 18.2. The molecule has 1 unspecified atom stereocenters. The molecule has 0 aliphatic carbocycles. The molecule has 148 valence electrons. The average Bonchev–Trinajstić information content (AvgIpc) is 2.61. The molecule has 1 aromatic rings. The molecule has 0 saturated carbocycles. The van der Waals surface area contributed by atoms with E-state index in [9.17, 15) is 4.39 Å². The molecule has 0 radical (unpaired) electrons. The number of aliphatic imine (C=N–C) groups is 1. The second-order valence-corrected chi connectivity index (χ2v) is 7.27. The van der Waals surface area contributed by atoms with Crippen LogP contribution in [0.5, 0.6) is 0 Å². The molecular weight excluding hydrogens is 444 g/mol. The van der Waals surface area contributed by atoms with Crippen molar-refractivity contribution in [2.45, 2.75) is 52.0 Å². The first-order chi connectivity index (χ1) is 12.0. The minimum atomic E-state index is -0.199. The molecule has 6 heteroatoms.